The van der Waals surface area contributed by atoms with Gasteiger partial charge in [-0.3, -0.25) is 4.79 Å². The lowest BCUT2D eigenvalue weighted by Gasteiger charge is -2.26. The highest BCUT2D eigenvalue weighted by Gasteiger charge is 2.32. The summed E-state index contributed by atoms with van der Waals surface area (Å²) < 4.78 is 5.21. The number of nitrogens with zero attached hydrogens (tertiary/aromatic N) is 1. The van der Waals surface area contributed by atoms with Crippen LogP contribution in [0.4, 0.5) is 0 Å². The molecular formula is C22H26ClN3O2S. The zero-order valence-corrected chi connectivity index (χ0v) is 18.6. The Kier molecular flexibility index (Phi) is 7.41. The van der Waals surface area contributed by atoms with Crippen LogP contribution in [-0.2, 0) is 10.3 Å². The minimum atomic E-state index is -1.10. The number of carbonyl (C=O) groups is 1. The summed E-state index contributed by atoms with van der Waals surface area (Å²) in [7, 11) is 1.64. The van der Waals surface area contributed by atoms with Crippen LogP contribution in [-0.4, -0.2) is 18.0 Å². The number of ether oxygens (including phenoxy) is 1. The standard InChI is InChI=1S/C22H25N3O2S.ClH/c1-14-19(28-20(24-14)16-10-12-18(27-4)13-11-16)15(2)25-21(26)22(3,23)17-8-6-5-7-9-17;/h5-13,15H,23H2,1-4H3,(H,25,26);1H. The number of rotatable bonds is 6. The lowest BCUT2D eigenvalue weighted by molar-refractivity contribution is -0.126. The normalized spacial score (nSPS) is 13.7. The van der Waals surface area contributed by atoms with Crippen molar-refractivity contribution in [1.29, 1.82) is 0 Å². The Labute approximate surface area is 181 Å². The molecule has 7 heteroatoms. The molecule has 2 unspecified atom stereocenters. The van der Waals surface area contributed by atoms with E-state index in [1.165, 1.54) is 0 Å². The van der Waals surface area contributed by atoms with E-state index in [2.05, 4.69) is 10.3 Å². The van der Waals surface area contributed by atoms with E-state index < -0.39 is 5.54 Å². The average molecular weight is 432 g/mol. The Morgan fingerprint density at radius 2 is 1.79 bits per heavy atom. The smallest absolute Gasteiger partial charge is 0.244 e. The van der Waals surface area contributed by atoms with E-state index in [-0.39, 0.29) is 24.4 Å². The Morgan fingerprint density at radius 1 is 1.17 bits per heavy atom. The molecule has 0 bridgehead atoms. The van der Waals surface area contributed by atoms with Gasteiger partial charge in [-0.1, -0.05) is 30.3 Å². The zero-order chi connectivity index (χ0) is 20.3. The number of hydrogen-bond acceptors (Lipinski definition) is 5. The maximum absolute atomic E-state index is 12.8. The molecule has 2 aromatic carbocycles. The number of carbonyl (C=O) groups excluding carboxylic acids is 1. The van der Waals surface area contributed by atoms with E-state index in [9.17, 15) is 4.79 Å². The highest BCUT2D eigenvalue weighted by atomic mass is 35.5. The molecule has 154 valence electrons. The van der Waals surface area contributed by atoms with Crippen LogP contribution in [0.3, 0.4) is 0 Å². The molecule has 0 spiro atoms. The van der Waals surface area contributed by atoms with Crippen molar-refractivity contribution in [1.82, 2.24) is 10.3 Å². The molecule has 3 aromatic rings. The fraction of sp³-hybridized carbons (Fsp3) is 0.273. The van der Waals surface area contributed by atoms with Crippen LogP contribution in [0, 0.1) is 6.92 Å². The van der Waals surface area contributed by atoms with Gasteiger partial charge in [0, 0.05) is 5.56 Å². The molecule has 29 heavy (non-hydrogen) atoms. The van der Waals surface area contributed by atoms with Crippen molar-refractivity contribution in [2.24, 2.45) is 5.73 Å². The Hall–Kier alpha value is -2.41. The van der Waals surface area contributed by atoms with Crippen molar-refractivity contribution in [2.75, 3.05) is 7.11 Å². The molecule has 0 aliphatic rings. The highest BCUT2D eigenvalue weighted by Crippen LogP contribution is 2.33. The van der Waals surface area contributed by atoms with Gasteiger partial charge >= 0.3 is 0 Å². The monoisotopic (exact) mass is 431 g/mol. The summed E-state index contributed by atoms with van der Waals surface area (Å²) in [4.78, 5) is 18.5. The van der Waals surface area contributed by atoms with Gasteiger partial charge in [0.1, 0.15) is 16.3 Å². The topological polar surface area (TPSA) is 77.2 Å². The number of aryl methyl sites for hydroxylation is 1. The molecule has 3 N–H and O–H groups in total. The van der Waals surface area contributed by atoms with Crippen LogP contribution < -0.4 is 15.8 Å². The van der Waals surface area contributed by atoms with E-state index in [1.54, 1.807) is 25.4 Å². The third kappa shape index (κ3) is 4.96. The van der Waals surface area contributed by atoms with Crippen molar-refractivity contribution in [3.8, 4) is 16.3 Å². The van der Waals surface area contributed by atoms with Crippen molar-refractivity contribution in [2.45, 2.75) is 32.4 Å². The Balaban J connectivity index is 0.00000300. The van der Waals surface area contributed by atoms with Gasteiger partial charge in [-0.15, -0.1) is 23.7 Å². The van der Waals surface area contributed by atoms with Gasteiger partial charge in [-0.2, -0.15) is 0 Å². The van der Waals surface area contributed by atoms with Crippen LogP contribution in [0.2, 0.25) is 0 Å². The second-order valence-corrected chi connectivity index (χ2v) is 7.99. The molecule has 3 rings (SSSR count). The molecule has 0 fully saturated rings. The van der Waals surface area contributed by atoms with Crippen LogP contribution in [0.5, 0.6) is 5.75 Å². The number of amides is 1. The third-order valence-electron chi connectivity index (χ3n) is 4.76. The van der Waals surface area contributed by atoms with Crippen molar-refractivity contribution in [3.05, 3.63) is 70.7 Å². The summed E-state index contributed by atoms with van der Waals surface area (Å²) in [5.74, 6) is 0.589. The lowest BCUT2D eigenvalue weighted by atomic mass is 9.92. The van der Waals surface area contributed by atoms with Gasteiger partial charge in [0.05, 0.1) is 23.7 Å². The van der Waals surface area contributed by atoms with E-state index in [0.29, 0.717) is 0 Å². The first-order chi connectivity index (χ1) is 13.3. The maximum atomic E-state index is 12.8. The molecule has 0 aliphatic heterocycles. The minimum absolute atomic E-state index is 0. The van der Waals surface area contributed by atoms with Crippen molar-refractivity contribution < 1.29 is 9.53 Å². The van der Waals surface area contributed by atoms with Crippen LogP contribution in [0.15, 0.2) is 54.6 Å². The number of halogens is 1. The van der Waals surface area contributed by atoms with E-state index in [1.807, 2.05) is 68.4 Å². The van der Waals surface area contributed by atoms with Crippen LogP contribution in [0.1, 0.15) is 36.0 Å². The van der Waals surface area contributed by atoms with Gasteiger partial charge < -0.3 is 15.8 Å². The number of methoxy groups -OCH3 is 1. The summed E-state index contributed by atoms with van der Waals surface area (Å²) in [5.41, 5.74) is 7.93. The Bertz CT molecular complexity index is 956. The summed E-state index contributed by atoms with van der Waals surface area (Å²) >= 11 is 1.58. The fourth-order valence-corrected chi connectivity index (χ4v) is 4.07. The maximum Gasteiger partial charge on any atom is 0.244 e. The largest absolute Gasteiger partial charge is 0.497 e. The average Bonchev–Trinajstić information content (AvgIpc) is 3.10. The molecular weight excluding hydrogens is 406 g/mol. The van der Waals surface area contributed by atoms with Gasteiger partial charge in [-0.25, -0.2) is 4.98 Å². The number of thiazole rings is 1. The zero-order valence-electron chi connectivity index (χ0n) is 16.9. The molecule has 0 radical (unpaired) electrons. The van der Waals surface area contributed by atoms with Crippen molar-refractivity contribution in [3.63, 3.8) is 0 Å². The lowest BCUT2D eigenvalue weighted by Crippen LogP contribution is -2.49. The first-order valence-electron chi connectivity index (χ1n) is 9.10. The number of nitrogens with one attached hydrogen (secondary N) is 1. The Morgan fingerprint density at radius 3 is 2.38 bits per heavy atom. The van der Waals surface area contributed by atoms with E-state index in [0.717, 1.165) is 32.5 Å². The van der Waals surface area contributed by atoms with Gasteiger partial charge in [0.2, 0.25) is 5.91 Å². The number of nitrogens with two attached hydrogens (primary N) is 1. The molecule has 1 heterocycles. The summed E-state index contributed by atoms with van der Waals surface area (Å²) in [6.45, 7) is 5.64. The van der Waals surface area contributed by atoms with E-state index >= 15 is 0 Å². The fourth-order valence-electron chi connectivity index (χ4n) is 2.99. The number of benzene rings is 2. The van der Waals surface area contributed by atoms with Gasteiger partial charge in [0.15, 0.2) is 0 Å². The van der Waals surface area contributed by atoms with Crippen LogP contribution >= 0.6 is 23.7 Å². The summed E-state index contributed by atoms with van der Waals surface area (Å²) in [5, 5.41) is 3.96. The molecule has 1 amide bonds. The molecule has 0 aliphatic carbocycles. The second-order valence-electron chi connectivity index (χ2n) is 6.96. The molecule has 0 saturated carbocycles. The first kappa shape index (κ1) is 22.9. The third-order valence-corrected chi connectivity index (χ3v) is 6.14. The summed E-state index contributed by atoms with van der Waals surface area (Å²) in [6, 6.07) is 17.0. The SMILES string of the molecule is COc1ccc(-c2nc(C)c(C(C)NC(=O)C(C)(N)c3ccccc3)s2)cc1.Cl. The van der Waals surface area contributed by atoms with Crippen molar-refractivity contribution >= 4 is 29.7 Å². The molecule has 1 aromatic heterocycles. The molecule has 0 saturated heterocycles. The van der Waals surface area contributed by atoms with Gasteiger partial charge in [-0.05, 0) is 50.6 Å². The predicted octanol–water partition coefficient (Wildman–Crippen LogP) is 4.60. The molecule has 2 atom stereocenters. The number of aromatic nitrogens is 1. The number of hydrogen-bond donors (Lipinski definition) is 2. The summed E-state index contributed by atoms with van der Waals surface area (Å²) in [6.07, 6.45) is 0. The minimum Gasteiger partial charge on any atom is -0.497 e. The highest BCUT2D eigenvalue weighted by molar-refractivity contribution is 7.15. The first-order valence-corrected chi connectivity index (χ1v) is 9.91. The van der Waals surface area contributed by atoms with Crippen LogP contribution in [0.25, 0.3) is 10.6 Å². The quantitative estimate of drug-likeness (QED) is 0.597. The predicted molar refractivity (Wildman–Crippen MR) is 121 cm³/mol. The van der Waals surface area contributed by atoms with Gasteiger partial charge in [0.25, 0.3) is 0 Å². The molecule has 5 nitrogen and oxygen atoms in total. The second kappa shape index (κ2) is 9.39. The van der Waals surface area contributed by atoms with E-state index in [4.69, 9.17) is 10.5 Å².